The van der Waals surface area contributed by atoms with Gasteiger partial charge in [0.2, 0.25) is 10.0 Å². The van der Waals surface area contributed by atoms with E-state index in [1.54, 1.807) is 18.0 Å². The summed E-state index contributed by atoms with van der Waals surface area (Å²) in [7, 11) is -2.25. The van der Waals surface area contributed by atoms with Crippen LogP contribution in [0.5, 0.6) is 5.75 Å². The van der Waals surface area contributed by atoms with Crippen molar-refractivity contribution in [1.82, 2.24) is 9.71 Å². The maximum atomic E-state index is 12.4. The first-order valence-electron chi connectivity index (χ1n) is 7.36. The van der Waals surface area contributed by atoms with Gasteiger partial charge in [0.15, 0.2) is 0 Å². The molecule has 0 aliphatic heterocycles. The van der Waals surface area contributed by atoms with Gasteiger partial charge >= 0.3 is 0 Å². The molecular weight excluding hydrogens is 403 g/mol. The molecule has 0 unspecified atom stereocenters. The second-order valence-corrected chi connectivity index (χ2v) is 9.71. The number of thioether (sulfide) groups is 1. The standard InChI is InChI=1S/C16H18Cl2N2O3S2/c1-10(2)24-13-7-16(23-3)15(19-8-13)9-20-25(21,22)14-5-11(17)4-12(18)6-14/h4-8,10,20H,9H2,1-3H3. The highest BCUT2D eigenvalue weighted by Gasteiger charge is 2.17. The molecule has 0 spiro atoms. The van der Waals surface area contributed by atoms with E-state index in [1.165, 1.54) is 25.3 Å². The number of aromatic nitrogens is 1. The predicted octanol–water partition coefficient (Wildman–Crippen LogP) is 4.38. The molecular formula is C16H18Cl2N2O3S2. The minimum Gasteiger partial charge on any atom is -0.495 e. The van der Waals surface area contributed by atoms with Crippen molar-refractivity contribution >= 4 is 45.0 Å². The van der Waals surface area contributed by atoms with Crippen LogP contribution in [0.15, 0.2) is 40.3 Å². The molecule has 1 aromatic heterocycles. The first-order valence-corrected chi connectivity index (χ1v) is 10.5. The molecule has 9 heteroatoms. The van der Waals surface area contributed by atoms with Crippen LogP contribution in [0.3, 0.4) is 0 Å². The van der Waals surface area contributed by atoms with Crippen molar-refractivity contribution in [2.75, 3.05) is 7.11 Å². The second-order valence-electron chi connectivity index (χ2n) is 5.42. The first-order chi connectivity index (χ1) is 11.7. The molecule has 0 aliphatic rings. The van der Waals surface area contributed by atoms with E-state index in [0.29, 0.717) is 16.7 Å². The number of hydrogen-bond acceptors (Lipinski definition) is 5. The quantitative estimate of drug-likeness (QED) is 0.673. The van der Waals surface area contributed by atoms with Crippen molar-refractivity contribution in [3.63, 3.8) is 0 Å². The van der Waals surface area contributed by atoms with Crippen molar-refractivity contribution in [2.45, 2.75) is 35.4 Å². The highest BCUT2D eigenvalue weighted by Crippen LogP contribution is 2.28. The molecule has 0 radical (unpaired) electrons. The average Bonchev–Trinajstić information content (AvgIpc) is 2.52. The molecule has 1 aromatic carbocycles. The van der Waals surface area contributed by atoms with Gasteiger partial charge < -0.3 is 4.74 Å². The normalized spacial score (nSPS) is 11.8. The lowest BCUT2D eigenvalue weighted by Gasteiger charge is -2.12. The van der Waals surface area contributed by atoms with Gasteiger partial charge in [0.25, 0.3) is 0 Å². The lowest BCUT2D eigenvalue weighted by molar-refractivity contribution is 0.404. The zero-order chi connectivity index (χ0) is 18.6. The first kappa shape index (κ1) is 20.3. The number of methoxy groups -OCH3 is 1. The van der Waals surface area contributed by atoms with Crippen LogP contribution in [0.2, 0.25) is 10.0 Å². The summed E-state index contributed by atoms with van der Waals surface area (Å²) in [6.07, 6.45) is 1.70. The molecule has 0 saturated carbocycles. The Bertz CT molecular complexity index is 838. The van der Waals surface area contributed by atoms with E-state index < -0.39 is 10.0 Å². The van der Waals surface area contributed by atoms with Gasteiger partial charge in [-0.1, -0.05) is 37.0 Å². The molecule has 136 valence electrons. The maximum Gasteiger partial charge on any atom is 0.241 e. The van der Waals surface area contributed by atoms with Crippen LogP contribution in [0, 0.1) is 0 Å². The van der Waals surface area contributed by atoms with Crippen LogP contribution in [0.1, 0.15) is 19.5 Å². The van der Waals surface area contributed by atoms with Gasteiger partial charge in [-0.25, -0.2) is 13.1 Å². The fourth-order valence-electron chi connectivity index (χ4n) is 2.03. The molecule has 0 saturated heterocycles. The number of pyridine rings is 1. The Morgan fingerprint density at radius 3 is 2.40 bits per heavy atom. The average molecular weight is 421 g/mol. The molecule has 0 aliphatic carbocycles. The van der Waals surface area contributed by atoms with Gasteiger partial charge in [-0.05, 0) is 24.3 Å². The molecule has 0 atom stereocenters. The molecule has 5 nitrogen and oxygen atoms in total. The summed E-state index contributed by atoms with van der Waals surface area (Å²) >= 11 is 13.4. The number of sulfonamides is 1. The minimum absolute atomic E-state index is 0.00375. The van der Waals surface area contributed by atoms with Gasteiger partial charge in [0, 0.05) is 26.4 Å². The Kier molecular flexibility index (Phi) is 6.99. The number of benzene rings is 1. The third-order valence-electron chi connectivity index (χ3n) is 3.07. The smallest absolute Gasteiger partial charge is 0.241 e. The van der Waals surface area contributed by atoms with E-state index in [4.69, 9.17) is 27.9 Å². The van der Waals surface area contributed by atoms with Crippen LogP contribution in [0.25, 0.3) is 0 Å². The number of nitrogens with zero attached hydrogens (tertiary/aromatic N) is 1. The SMILES string of the molecule is COc1cc(SC(C)C)cnc1CNS(=O)(=O)c1cc(Cl)cc(Cl)c1. The summed E-state index contributed by atoms with van der Waals surface area (Å²) in [4.78, 5) is 5.26. The summed E-state index contributed by atoms with van der Waals surface area (Å²) < 4.78 is 32.7. The highest BCUT2D eigenvalue weighted by molar-refractivity contribution is 7.99. The van der Waals surface area contributed by atoms with E-state index in [-0.39, 0.29) is 21.5 Å². The summed E-state index contributed by atoms with van der Waals surface area (Å²) in [5.74, 6) is 0.525. The lowest BCUT2D eigenvalue weighted by atomic mass is 10.3. The molecule has 0 bridgehead atoms. The van der Waals surface area contributed by atoms with Crippen molar-refractivity contribution in [1.29, 1.82) is 0 Å². The van der Waals surface area contributed by atoms with Crippen LogP contribution in [-0.4, -0.2) is 25.8 Å². The van der Waals surface area contributed by atoms with Crippen LogP contribution in [-0.2, 0) is 16.6 Å². The minimum atomic E-state index is -3.78. The van der Waals surface area contributed by atoms with Crippen molar-refractivity contribution in [2.24, 2.45) is 0 Å². The molecule has 2 rings (SSSR count). The molecule has 2 aromatic rings. The third-order valence-corrected chi connectivity index (χ3v) is 5.86. The molecule has 1 N–H and O–H groups in total. The zero-order valence-corrected chi connectivity index (χ0v) is 17.1. The Labute approximate surface area is 162 Å². The van der Waals surface area contributed by atoms with Gasteiger partial charge in [-0.3, -0.25) is 4.98 Å². The Balaban J connectivity index is 2.19. The third kappa shape index (κ3) is 5.76. The fourth-order valence-corrected chi connectivity index (χ4v) is 4.58. The topological polar surface area (TPSA) is 68.3 Å². The second kappa shape index (κ2) is 8.60. The van der Waals surface area contributed by atoms with Gasteiger partial charge in [-0.15, -0.1) is 11.8 Å². The number of ether oxygens (including phenoxy) is 1. The van der Waals surface area contributed by atoms with Gasteiger partial charge in [0.1, 0.15) is 5.75 Å². The summed E-state index contributed by atoms with van der Waals surface area (Å²) in [6.45, 7) is 4.15. The van der Waals surface area contributed by atoms with Gasteiger partial charge in [-0.2, -0.15) is 0 Å². The van der Waals surface area contributed by atoms with Gasteiger partial charge in [0.05, 0.1) is 24.2 Å². The van der Waals surface area contributed by atoms with Crippen molar-refractivity contribution in [3.05, 3.63) is 46.2 Å². The van der Waals surface area contributed by atoms with Crippen molar-refractivity contribution in [3.8, 4) is 5.75 Å². The molecule has 25 heavy (non-hydrogen) atoms. The highest BCUT2D eigenvalue weighted by atomic mass is 35.5. The zero-order valence-electron chi connectivity index (χ0n) is 13.9. The largest absolute Gasteiger partial charge is 0.495 e. The number of rotatable bonds is 7. The number of nitrogens with one attached hydrogen (secondary N) is 1. The number of halogens is 2. The molecule has 0 amide bonds. The van der Waals surface area contributed by atoms with E-state index in [1.807, 2.05) is 6.07 Å². The molecule has 1 heterocycles. The molecule has 0 fully saturated rings. The Hall–Kier alpha value is -0.990. The lowest BCUT2D eigenvalue weighted by Crippen LogP contribution is -2.24. The summed E-state index contributed by atoms with van der Waals surface area (Å²) in [5.41, 5.74) is 0.493. The fraction of sp³-hybridized carbons (Fsp3) is 0.312. The van der Waals surface area contributed by atoms with E-state index in [2.05, 4.69) is 23.6 Å². The predicted molar refractivity (Wildman–Crippen MR) is 102 cm³/mol. The summed E-state index contributed by atoms with van der Waals surface area (Å²) in [5, 5.41) is 0.903. The Morgan fingerprint density at radius 1 is 1.20 bits per heavy atom. The Morgan fingerprint density at radius 2 is 1.84 bits per heavy atom. The van der Waals surface area contributed by atoms with E-state index in [0.717, 1.165) is 4.90 Å². The monoisotopic (exact) mass is 420 g/mol. The van der Waals surface area contributed by atoms with E-state index >= 15 is 0 Å². The van der Waals surface area contributed by atoms with E-state index in [9.17, 15) is 8.42 Å². The van der Waals surface area contributed by atoms with Crippen LogP contribution >= 0.6 is 35.0 Å². The number of hydrogen-bond donors (Lipinski definition) is 1. The maximum absolute atomic E-state index is 12.4. The summed E-state index contributed by atoms with van der Waals surface area (Å²) in [6, 6.07) is 5.99. The van der Waals surface area contributed by atoms with Crippen LogP contribution in [0.4, 0.5) is 0 Å². The van der Waals surface area contributed by atoms with Crippen molar-refractivity contribution < 1.29 is 13.2 Å². The van der Waals surface area contributed by atoms with Crippen LogP contribution < -0.4 is 9.46 Å².